The standard InChI is InChI=1S/C24H27NOS/c1-5-18-9-7-8-10-21(18)22-23(26)25-24(27-22)20(6-2)19-13-11-17(12-14-19)15-16(3)4/h5,7-14,16,20,26H,1,6,15H2,2-4H3. The molecule has 2 aromatic carbocycles. The SMILES string of the molecule is C=Cc1ccccc1-c1sc(C(CC)c2ccc(CC(C)C)cc2)nc1O. The number of nitrogens with zero attached hydrogens (tertiary/aromatic N) is 1. The average molecular weight is 378 g/mol. The molecule has 1 N–H and O–H groups in total. The number of hydrogen-bond donors (Lipinski definition) is 1. The number of hydrogen-bond acceptors (Lipinski definition) is 3. The lowest BCUT2D eigenvalue weighted by Gasteiger charge is -2.13. The molecule has 140 valence electrons. The van der Waals surface area contributed by atoms with E-state index in [0.29, 0.717) is 5.92 Å². The quantitative estimate of drug-likeness (QED) is 0.486. The second-order valence-electron chi connectivity index (χ2n) is 7.30. The Morgan fingerprint density at radius 2 is 1.81 bits per heavy atom. The van der Waals surface area contributed by atoms with E-state index < -0.39 is 0 Å². The molecule has 1 atom stereocenters. The van der Waals surface area contributed by atoms with E-state index in [2.05, 4.69) is 56.6 Å². The third-order valence-electron chi connectivity index (χ3n) is 4.78. The molecule has 3 rings (SSSR count). The Bertz CT molecular complexity index is 908. The van der Waals surface area contributed by atoms with Crippen LogP contribution in [0.4, 0.5) is 0 Å². The summed E-state index contributed by atoms with van der Waals surface area (Å²) < 4.78 is 0. The molecule has 0 aliphatic carbocycles. The highest BCUT2D eigenvalue weighted by molar-refractivity contribution is 7.15. The zero-order chi connectivity index (χ0) is 19.4. The maximum absolute atomic E-state index is 10.5. The van der Waals surface area contributed by atoms with Crippen molar-refractivity contribution in [2.45, 2.75) is 39.5 Å². The number of benzene rings is 2. The van der Waals surface area contributed by atoms with Crippen LogP contribution < -0.4 is 0 Å². The van der Waals surface area contributed by atoms with Crippen LogP contribution in [0.2, 0.25) is 0 Å². The van der Waals surface area contributed by atoms with Crippen molar-refractivity contribution < 1.29 is 5.11 Å². The fraction of sp³-hybridized carbons (Fsp3) is 0.292. The normalized spacial score (nSPS) is 12.3. The molecule has 27 heavy (non-hydrogen) atoms. The zero-order valence-corrected chi connectivity index (χ0v) is 17.1. The van der Waals surface area contributed by atoms with Gasteiger partial charge in [0, 0.05) is 11.5 Å². The first kappa shape index (κ1) is 19.4. The summed E-state index contributed by atoms with van der Waals surface area (Å²) in [5, 5.41) is 11.5. The van der Waals surface area contributed by atoms with Gasteiger partial charge in [0.25, 0.3) is 0 Å². The van der Waals surface area contributed by atoms with E-state index in [1.165, 1.54) is 11.1 Å². The van der Waals surface area contributed by atoms with Gasteiger partial charge in [-0.15, -0.1) is 11.3 Å². The van der Waals surface area contributed by atoms with Crippen molar-refractivity contribution in [3.63, 3.8) is 0 Å². The molecule has 3 heteroatoms. The van der Waals surface area contributed by atoms with Crippen molar-refractivity contribution in [2.75, 3.05) is 0 Å². The molecule has 1 heterocycles. The summed E-state index contributed by atoms with van der Waals surface area (Å²) in [5.41, 5.74) is 4.61. The lowest BCUT2D eigenvalue weighted by molar-refractivity contribution is 0.456. The Morgan fingerprint density at radius 3 is 2.44 bits per heavy atom. The molecule has 0 spiro atoms. The second-order valence-corrected chi connectivity index (χ2v) is 8.33. The molecule has 0 radical (unpaired) electrons. The summed E-state index contributed by atoms with van der Waals surface area (Å²) in [5.74, 6) is 0.957. The minimum absolute atomic E-state index is 0.110. The second kappa shape index (κ2) is 8.53. The Balaban J connectivity index is 1.94. The van der Waals surface area contributed by atoms with Crippen LogP contribution in [-0.4, -0.2) is 10.1 Å². The molecule has 0 fully saturated rings. The zero-order valence-electron chi connectivity index (χ0n) is 16.3. The monoisotopic (exact) mass is 377 g/mol. The Kier molecular flexibility index (Phi) is 6.12. The molecule has 1 aromatic heterocycles. The molecular formula is C24H27NOS. The summed E-state index contributed by atoms with van der Waals surface area (Å²) in [6.45, 7) is 10.5. The van der Waals surface area contributed by atoms with E-state index in [4.69, 9.17) is 0 Å². The molecule has 0 amide bonds. The van der Waals surface area contributed by atoms with E-state index in [-0.39, 0.29) is 11.8 Å². The van der Waals surface area contributed by atoms with E-state index in [9.17, 15) is 5.11 Å². The molecule has 0 aliphatic heterocycles. The Morgan fingerprint density at radius 1 is 1.11 bits per heavy atom. The maximum atomic E-state index is 10.5. The molecule has 1 unspecified atom stereocenters. The van der Waals surface area contributed by atoms with Crippen LogP contribution in [0.3, 0.4) is 0 Å². The Hall–Kier alpha value is -2.39. The van der Waals surface area contributed by atoms with Gasteiger partial charge in [-0.25, -0.2) is 4.98 Å². The highest BCUT2D eigenvalue weighted by Gasteiger charge is 2.21. The highest BCUT2D eigenvalue weighted by Crippen LogP contribution is 2.41. The first-order valence-electron chi connectivity index (χ1n) is 9.53. The van der Waals surface area contributed by atoms with Gasteiger partial charge in [0.15, 0.2) is 0 Å². The largest absolute Gasteiger partial charge is 0.492 e. The van der Waals surface area contributed by atoms with Gasteiger partial charge in [0.05, 0.1) is 4.88 Å². The van der Waals surface area contributed by atoms with Crippen LogP contribution in [0.15, 0.2) is 55.1 Å². The third-order valence-corrected chi connectivity index (χ3v) is 5.98. The predicted octanol–water partition coefficient (Wildman–Crippen LogP) is 6.90. The topological polar surface area (TPSA) is 33.1 Å². The van der Waals surface area contributed by atoms with E-state index in [1.54, 1.807) is 11.3 Å². The van der Waals surface area contributed by atoms with E-state index in [1.807, 2.05) is 30.3 Å². The van der Waals surface area contributed by atoms with Crippen molar-refractivity contribution in [3.05, 3.63) is 76.8 Å². The van der Waals surface area contributed by atoms with Crippen molar-refractivity contribution in [3.8, 4) is 16.3 Å². The van der Waals surface area contributed by atoms with Gasteiger partial charge in [-0.1, -0.05) is 82.0 Å². The highest BCUT2D eigenvalue weighted by atomic mass is 32.1. The summed E-state index contributed by atoms with van der Waals surface area (Å²) >= 11 is 1.58. The maximum Gasteiger partial charge on any atom is 0.230 e. The minimum atomic E-state index is 0.110. The number of aromatic nitrogens is 1. The predicted molar refractivity (Wildman–Crippen MR) is 116 cm³/mol. The van der Waals surface area contributed by atoms with Crippen LogP contribution in [0.5, 0.6) is 5.88 Å². The smallest absolute Gasteiger partial charge is 0.230 e. The van der Waals surface area contributed by atoms with Crippen molar-refractivity contribution in [1.29, 1.82) is 0 Å². The molecule has 0 saturated heterocycles. The van der Waals surface area contributed by atoms with Gasteiger partial charge >= 0.3 is 0 Å². The molecule has 3 aromatic rings. The van der Waals surface area contributed by atoms with Gasteiger partial charge < -0.3 is 5.11 Å². The fourth-order valence-corrected chi connectivity index (χ4v) is 4.66. The molecule has 0 aliphatic rings. The van der Waals surface area contributed by atoms with Crippen LogP contribution in [0.25, 0.3) is 16.5 Å². The van der Waals surface area contributed by atoms with Crippen molar-refractivity contribution in [2.24, 2.45) is 5.92 Å². The van der Waals surface area contributed by atoms with Crippen LogP contribution in [0.1, 0.15) is 54.8 Å². The van der Waals surface area contributed by atoms with Crippen LogP contribution >= 0.6 is 11.3 Å². The summed E-state index contributed by atoms with van der Waals surface area (Å²) in [6.07, 6.45) is 3.86. The summed E-state index contributed by atoms with van der Waals surface area (Å²) in [7, 11) is 0. The van der Waals surface area contributed by atoms with Crippen molar-refractivity contribution in [1.82, 2.24) is 4.98 Å². The molecule has 0 bridgehead atoms. The molecule has 2 nitrogen and oxygen atoms in total. The summed E-state index contributed by atoms with van der Waals surface area (Å²) in [4.78, 5) is 5.34. The van der Waals surface area contributed by atoms with E-state index >= 15 is 0 Å². The first-order valence-corrected chi connectivity index (χ1v) is 10.4. The van der Waals surface area contributed by atoms with Gasteiger partial charge in [-0.3, -0.25) is 0 Å². The number of aromatic hydroxyl groups is 1. The summed E-state index contributed by atoms with van der Waals surface area (Å²) in [6, 6.07) is 16.8. The van der Waals surface area contributed by atoms with Crippen LogP contribution in [0, 0.1) is 5.92 Å². The number of thiazole rings is 1. The fourth-order valence-electron chi connectivity index (χ4n) is 3.44. The number of rotatable bonds is 7. The third kappa shape index (κ3) is 4.30. The van der Waals surface area contributed by atoms with Crippen molar-refractivity contribution >= 4 is 17.4 Å². The average Bonchev–Trinajstić information content (AvgIpc) is 3.04. The van der Waals surface area contributed by atoms with E-state index in [0.717, 1.165) is 33.9 Å². The van der Waals surface area contributed by atoms with Gasteiger partial charge in [-0.05, 0) is 35.4 Å². The lowest BCUT2D eigenvalue weighted by Crippen LogP contribution is -2.00. The van der Waals surface area contributed by atoms with Crippen LogP contribution in [-0.2, 0) is 6.42 Å². The molecular weight excluding hydrogens is 350 g/mol. The molecule has 0 saturated carbocycles. The van der Waals surface area contributed by atoms with Gasteiger partial charge in [0.2, 0.25) is 5.88 Å². The lowest BCUT2D eigenvalue weighted by atomic mass is 9.94. The van der Waals surface area contributed by atoms with Gasteiger partial charge in [0.1, 0.15) is 5.01 Å². The Labute approximate surface area is 166 Å². The first-order chi connectivity index (χ1) is 13.0. The minimum Gasteiger partial charge on any atom is -0.492 e. The van der Waals surface area contributed by atoms with Gasteiger partial charge in [-0.2, -0.15) is 0 Å².